The minimum Gasteiger partial charge on any atom is -0.465 e. The van der Waals surface area contributed by atoms with Crippen molar-refractivity contribution in [2.75, 3.05) is 13.2 Å². The quantitative estimate of drug-likeness (QED) is 0.741. The van der Waals surface area contributed by atoms with Crippen molar-refractivity contribution in [1.82, 2.24) is 0 Å². The fraction of sp³-hybridized carbons (Fsp3) is 0.455. The molecule has 0 aliphatic heterocycles. The Morgan fingerprint density at radius 3 is 2.19 bits per heavy atom. The average Bonchev–Trinajstić information content (AvgIpc) is 2.70. The highest BCUT2D eigenvalue weighted by Crippen LogP contribution is 2.19. The molecule has 0 saturated carbocycles. The van der Waals surface area contributed by atoms with E-state index in [9.17, 15) is 9.59 Å². The molecule has 0 spiro atoms. The second kappa shape index (κ2) is 6.27. The fourth-order valence-corrected chi connectivity index (χ4v) is 1.93. The molecule has 1 aromatic rings. The van der Waals surface area contributed by atoms with Crippen LogP contribution in [-0.4, -0.2) is 25.2 Å². The Morgan fingerprint density at radius 1 is 1.25 bits per heavy atom. The van der Waals surface area contributed by atoms with E-state index in [4.69, 9.17) is 9.47 Å². The van der Waals surface area contributed by atoms with E-state index in [1.165, 1.54) is 13.8 Å². The highest BCUT2D eigenvalue weighted by molar-refractivity contribution is 7.07. The summed E-state index contributed by atoms with van der Waals surface area (Å²) in [6.45, 7) is 3.19. The lowest BCUT2D eigenvalue weighted by Gasteiger charge is -2.15. The van der Waals surface area contributed by atoms with Crippen LogP contribution in [0.4, 0.5) is 0 Å². The molecule has 0 radical (unpaired) electrons. The third-order valence-electron chi connectivity index (χ3n) is 1.99. The van der Waals surface area contributed by atoms with Crippen LogP contribution in [0.15, 0.2) is 16.8 Å². The molecule has 0 fully saturated rings. The van der Waals surface area contributed by atoms with Crippen molar-refractivity contribution in [2.24, 2.45) is 0 Å². The summed E-state index contributed by atoms with van der Waals surface area (Å²) in [4.78, 5) is 21.5. The van der Waals surface area contributed by atoms with Gasteiger partial charge in [0, 0.05) is 13.8 Å². The van der Waals surface area contributed by atoms with E-state index >= 15 is 0 Å². The molecule has 0 N–H and O–H groups in total. The SMILES string of the molecule is CC(=O)OCC(COC(C)=O)c1ccsc1. The zero-order valence-electron chi connectivity index (χ0n) is 9.26. The molecule has 0 aliphatic carbocycles. The summed E-state index contributed by atoms with van der Waals surface area (Å²) in [5.41, 5.74) is 1.02. The van der Waals surface area contributed by atoms with Gasteiger partial charge in [0.25, 0.3) is 0 Å². The maximum absolute atomic E-state index is 10.7. The Morgan fingerprint density at radius 2 is 1.81 bits per heavy atom. The van der Waals surface area contributed by atoms with E-state index in [1.54, 1.807) is 11.3 Å². The Labute approximate surface area is 98.2 Å². The summed E-state index contributed by atoms with van der Waals surface area (Å²) in [6, 6.07) is 1.93. The van der Waals surface area contributed by atoms with Crippen LogP contribution in [-0.2, 0) is 19.1 Å². The van der Waals surface area contributed by atoms with Gasteiger partial charge < -0.3 is 9.47 Å². The minimum absolute atomic E-state index is 0.0842. The van der Waals surface area contributed by atoms with Crippen LogP contribution in [0.2, 0.25) is 0 Å². The zero-order chi connectivity index (χ0) is 12.0. The van der Waals surface area contributed by atoms with E-state index in [1.807, 2.05) is 16.8 Å². The number of thiophene rings is 1. The first-order valence-corrected chi connectivity index (χ1v) is 5.82. The van der Waals surface area contributed by atoms with Crippen molar-refractivity contribution < 1.29 is 19.1 Å². The summed E-state index contributed by atoms with van der Waals surface area (Å²) in [6.07, 6.45) is 0. The van der Waals surface area contributed by atoms with E-state index in [0.717, 1.165) is 5.56 Å². The summed E-state index contributed by atoms with van der Waals surface area (Å²) in [7, 11) is 0. The fourth-order valence-electron chi connectivity index (χ4n) is 1.18. The van der Waals surface area contributed by atoms with Gasteiger partial charge in [-0.25, -0.2) is 0 Å². The molecule has 16 heavy (non-hydrogen) atoms. The van der Waals surface area contributed by atoms with Gasteiger partial charge in [-0.3, -0.25) is 9.59 Å². The molecule has 5 heteroatoms. The second-order valence-corrected chi connectivity index (χ2v) is 4.14. The van der Waals surface area contributed by atoms with Gasteiger partial charge in [0.15, 0.2) is 0 Å². The number of carbonyl (C=O) groups excluding carboxylic acids is 2. The normalized spacial score (nSPS) is 10.2. The Kier molecular flexibility index (Phi) is 4.98. The molecule has 0 unspecified atom stereocenters. The molecule has 88 valence electrons. The lowest BCUT2D eigenvalue weighted by molar-refractivity contribution is -0.144. The molecule has 4 nitrogen and oxygen atoms in total. The van der Waals surface area contributed by atoms with Gasteiger partial charge in [-0.2, -0.15) is 11.3 Å². The smallest absolute Gasteiger partial charge is 0.302 e. The molecule has 1 heterocycles. The predicted octanol–water partition coefficient (Wildman–Crippen LogP) is 1.96. The van der Waals surface area contributed by atoms with E-state index < -0.39 is 0 Å². The third-order valence-corrected chi connectivity index (χ3v) is 2.69. The molecule has 0 amide bonds. The molecular formula is C11H14O4S. The lowest BCUT2D eigenvalue weighted by atomic mass is 10.1. The summed E-state index contributed by atoms with van der Waals surface area (Å²) < 4.78 is 9.87. The van der Waals surface area contributed by atoms with Gasteiger partial charge in [0.05, 0.1) is 5.92 Å². The first kappa shape index (κ1) is 12.7. The summed E-state index contributed by atoms with van der Waals surface area (Å²) in [5.74, 6) is -0.745. The largest absolute Gasteiger partial charge is 0.465 e. The van der Waals surface area contributed by atoms with Crippen molar-refractivity contribution >= 4 is 23.3 Å². The van der Waals surface area contributed by atoms with Crippen LogP contribution >= 0.6 is 11.3 Å². The third kappa shape index (κ3) is 4.44. The van der Waals surface area contributed by atoms with Gasteiger partial charge in [-0.05, 0) is 22.4 Å². The minimum atomic E-state index is -0.331. The zero-order valence-corrected chi connectivity index (χ0v) is 10.1. The first-order chi connectivity index (χ1) is 7.59. The van der Waals surface area contributed by atoms with Crippen LogP contribution in [0.5, 0.6) is 0 Å². The van der Waals surface area contributed by atoms with Crippen molar-refractivity contribution in [2.45, 2.75) is 19.8 Å². The van der Waals surface area contributed by atoms with Crippen molar-refractivity contribution in [3.63, 3.8) is 0 Å². The van der Waals surface area contributed by atoms with Crippen LogP contribution < -0.4 is 0 Å². The number of carbonyl (C=O) groups is 2. The molecule has 0 saturated heterocycles. The number of ether oxygens (including phenoxy) is 2. The number of rotatable bonds is 5. The summed E-state index contributed by atoms with van der Waals surface area (Å²) >= 11 is 1.56. The maximum Gasteiger partial charge on any atom is 0.302 e. The molecule has 1 aromatic heterocycles. The van der Waals surface area contributed by atoms with E-state index in [-0.39, 0.29) is 31.1 Å². The first-order valence-electron chi connectivity index (χ1n) is 4.88. The highest BCUT2D eigenvalue weighted by Gasteiger charge is 2.15. The number of hydrogen-bond acceptors (Lipinski definition) is 5. The van der Waals surface area contributed by atoms with Gasteiger partial charge in [0.2, 0.25) is 0 Å². The average molecular weight is 242 g/mol. The van der Waals surface area contributed by atoms with Crippen LogP contribution in [0.1, 0.15) is 25.3 Å². The maximum atomic E-state index is 10.7. The monoisotopic (exact) mass is 242 g/mol. The number of hydrogen-bond donors (Lipinski definition) is 0. The van der Waals surface area contributed by atoms with Crippen molar-refractivity contribution in [3.05, 3.63) is 22.4 Å². The molecule has 1 rings (SSSR count). The number of esters is 2. The van der Waals surface area contributed by atoms with E-state index in [2.05, 4.69) is 0 Å². The molecule has 0 atom stereocenters. The molecule has 0 bridgehead atoms. The summed E-state index contributed by atoms with van der Waals surface area (Å²) in [5, 5.41) is 3.89. The van der Waals surface area contributed by atoms with Crippen LogP contribution in [0.3, 0.4) is 0 Å². The van der Waals surface area contributed by atoms with Crippen molar-refractivity contribution in [1.29, 1.82) is 0 Å². The topological polar surface area (TPSA) is 52.6 Å². The van der Waals surface area contributed by atoms with Gasteiger partial charge >= 0.3 is 11.9 Å². The Balaban J connectivity index is 2.55. The molecular weight excluding hydrogens is 228 g/mol. The van der Waals surface area contributed by atoms with E-state index in [0.29, 0.717) is 0 Å². The second-order valence-electron chi connectivity index (χ2n) is 3.36. The van der Waals surface area contributed by atoms with Gasteiger partial charge in [0.1, 0.15) is 13.2 Å². The van der Waals surface area contributed by atoms with Gasteiger partial charge in [-0.1, -0.05) is 0 Å². The lowest BCUT2D eigenvalue weighted by Crippen LogP contribution is -2.17. The van der Waals surface area contributed by atoms with Crippen LogP contribution in [0.25, 0.3) is 0 Å². The Hall–Kier alpha value is -1.36. The molecule has 0 aromatic carbocycles. The van der Waals surface area contributed by atoms with Crippen molar-refractivity contribution in [3.8, 4) is 0 Å². The van der Waals surface area contributed by atoms with Gasteiger partial charge in [-0.15, -0.1) is 0 Å². The Bertz CT molecular complexity index is 327. The standard InChI is InChI=1S/C11H14O4S/c1-8(12)14-5-11(6-15-9(2)13)10-3-4-16-7-10/h3-4,7,11H,5-6H2,1-2H3. The molecule has 0 aliphatic rings. The predicted molar refractivity (Wildman–Crippen MR) is 60.3 cm³/mol. The highest BCUT2D eigenvalue weighted by atomic mass is 32.1. The van der Waals surface area contributed by atoms with Crippen LogP contribution in [0, 0.1) is 0 Å².